The van der Waals surface area contributed by atoms with Gasteiger partial charge < -0.3 is 19.9 Å². The molecule has 4 heterocycles. The average Bonchev–Trinajstić information content (AvgIpc) is 3.29. The Morgan fingerprint density at radius 1 is 1.38 bits per heavy atom. The molecule has 2 amide bonds. The van der Waals surface area contributed by atoms with E-state index in [2.05, 4.69) is 25.2 Å². The fourth-order valence-corrected chi connectivity index (χ4v) is 3.59. The number of hydrogen-bond donors (Lipinski definition) is 2. The SMILES string of the molecule is O=C(CN1CCOC1=O)NCC1CCCN(c2ncnc3[nH]ccc23)C1. The van der Waals surface area contributed by atoms with Crippen LogP contribution in [0.4, 0.5) is 10.6 Å². The Kier molecular flexibility index (Phi) is 4.59. The molecule has 4 rings (SSSR count). The minimum atomic E-state index is -0.414. The lowest BCUT2D eigenvalue weighted by atomic mass is 9.98. The van der Waals surface area contributed by atoms with E-state index >= 15 is 0 Å². The average molecular weight is 358 g/mol. The standard InChI is InChI=1S/C17H22N6O3/c24-14(10-23-6-7-26-17(23)25)19-8-12-2-1-5-22(9-12)16-13-3-4-18-15(13)20-11-21-16/h3-4,11-12H,1-2,5-10H2,(H,19,24)(H,18,20,21). The summed E-state index contributed by atoms with van der Waals surface area (Å²) in [5, 5.41) is 3.97. The zero-order valence-electron chi connectivity index (χ0n) is 14.5. The van der Waals surface area contributed by atoms with E-state index in [1.807, 2.05) is 12.3 Å². The molecule has 2 aromatic heterocycles. The number of aromatic amines is 1. The van der Waals surface area contributed by atoms with Crippen LogP contribution in [0.3, 0.4) is 0 Å². The molecule has 0 saturated carbocycles. The normalized spacial score (nSPS) is 20.5. The largest absolute Gasteiger partial charge is 0.448 e. The second kappa shape index (κ2) is 7.19. The second-order valence-electron chi connectivity index (χ2n) is 6.73. The van der Waals surface area contributed by atoms with Crippen LogP contribution in [-0.4, -0.2) is 71.2 Å². The van der Waals surface area contributed by atoms with Crippen LogP contribution >= 0.6 is 0 Å². The number of carbonyl (C=O) groups excluding carboxylic acids is 2. The number of nitrogens with zero attached hydrogens (tertiary/aromatic N) is 4. The van der Waals surface area contributed by atoms with Crippen LogP contribution in [0.15, 0.2) is 18.6 Å². The van der Waals surface area contributed by atoms with Gasteiger partial charge in [0.2, 0.25) is 5.91 Å². The van der Waals surface area contributed by atoms with Crippen molar-refractivity contribution >= 4 is 28.9 Å². The summed E-state index contributed by atoms with van der Waals surface area (Å²) < 4.78 is 4.84. The van der Waals surface area contributed by atoms with E-state index in [1.165, 1.54) is 4.90 Å². The van der Waals surface area contributed by atoms with Gasteiger partial charge in [-0.2, -0.15) is 0 Å². The molecule has 2 aromatic rings. The summed E-state index contributed by atoms with van der Waals surface area (Å²) in [5.41, 5.74) is 0.836. The molecule has 9 heteroatoms. The number of fused-ring (bicyclic) bond motifs is 1. The van der Waals surface area contributed by atoms with E-state index in [9.17, 15) is 9.59 Å². The Balaban J connectivity index is 1.33. The molecule has 1 atom stereocenters. The van der Waals surface area contributed by atoms with E-state index in [1.54, 1.807) is 6.33 Å². The van der Waals surface area contributed by atoms with Crippen LogP contribution in [-0.2, 0) is 9.53 Å². The third kappa shape index (κ3) is 3.42. The number of ether oxygens (including phenoxy) is 1. The Labute approximate surface area is 150 Å². The zero-order chi connectivity index (χ0) is 17.9. The van der Waals surface area contributed by atoms with Crippen LogP contribution < -0.4 is 10.2 Å². The first-order valence-corrected chi connectivity index (χ1v) is 8.92. The molecule has 0 spiro atoms. The zero-order valence-corrected chi connectivity index (χ0v) is 14.5. The molecule has 0 bridgehead atoms. The highest BCUT2D eigenvalue weighted by Gasteiger charge is 2.26. The van der Waals surface area contributed by atoms with E-state index in [-0.39, 0.29) is 12.5 Å². The predicted octanol–water partition coefficient (Wildman–Crippen LogP) is 0.743. The summed E-state index contributed by atoms with van der Waals surface area (Å²) >= 11 is 0. The monoisotopic (exact) mass is 358 g/mol. The van der Waals surface area contributed by atoms with Gasteiger partial charge in [-0.1, -0.05) is 0 Å². The number of cyclic esters (lactones) is 1. The number of amides is 2. The van der Waals surface area contributed by atoms with Crippen molar-refractivity contribution < 1.29 is 14.3 Å². The lowest BCUT2D eigenvalue weighted by molar-refractivity contribution is -0.121. The molecule has 2 aliphatic rings. The number of H-pyrrole nitrogens is 1. The first-order chi connectivity index (χ1) is 12.7. The molecule has 2 saturated heterocycles. The maximum atomic E-state index is 12.1. The first-order valence-electron chi connectivity index (χ1n) is 8.92. The summed E-state index contributed by atoms with van der Waals surface area (Å²) in [6.45, 7) is 3.27. The number of anilines is 1. The third-order valence-corrected chi connectivity index (χ3v) is 4.92. The van der Waals surface area contributed by atoms with Gasteiger partial charge in [0.1, 0.15) is 30.9 Å². The van der Waals surface area contributed by atoms with Crippen LogP contribution in [0.1, 0.15) is 12.8 Å². The third-order valence-electron chi connectivity index (χ3n) is 4.92. The lowest BCUT2D eigenvalue weighted by Crippen LogP contribution is -2.44. The van der Waals surface area contributed by atoms with Crippen molar-refractivity contribution in [2.45, 2.75) is 12.8 Å². The molecule has 2 fully saturated rings. The highest BCUT2D eigenvalue weighted by atomic mass is 16.6. The minimum Gasteiger partial charge on any atom is -0.448 e. The van der Waals surface area contributed by atoms with Crippen molar-refractivity contribution in [1.82, 2.24) is 25.2 Å². The predicted molar refractivity (Wildman–Crippen MR) is 94.8 cm³/mol. The van der Waals surface area contributed by atoms with Crippen molar-refractivity contribution in [3.63, 3.8) is 0 Å². The van der Waals surface area contributed by atoms with Crippen LogP contribution in [0.2, 0.25) is 0 Å². The lowest BCUT2D eigenvalue weighted by Gasteiger charge is -2.34. The van der Waals surface area contributed by atoms with Gasteiger partial charge in [0, 0.05) is 25.8 Å². The Bertz CT molecular complexity index is 807. The maximum Gasteiger partial charge on any atom is 0.410 e. The topological polar surface area (TPSA) is 103 Å². The molecule has 0 aliphatic carbocycles. The second-order valence-corrected chi connectivity index (χ2v) is 6.73. The Morgan fingerprint density at radius 3 is 3.15 bits per heavy atom. The van der Waals surface area contributed by atoms with E-state index in [0.717, 1.165) is 42.8 Å². The van der Waals surface area contributed by atoms with Crippen molar-refractivity contribution in [3.8, 4) is 0 Å². The Hall–Kier alpha value is -2.84. The van der Waals surface area contributed by atoms with Crippen LogP contribution in [0.5, 0.6) is 0 Å². The van der Waals surface area contributed by atoms with Gasteiger partial charge in [0.05, 0.1) is 11.9 Å². The van der Waals surface area contributed by atoms with Gasteiger partial charge in [-0.15, -0.1) is 0 Å². The fraction of sp³-hybridized carbons (Fsp3) is 0.529. The molecule has 1 unspecified atom stereocenters. The molecular formula is C17H22N6O3. The molecule has 0 radical (unpaired) electrons. The van der Waals surface area contributed by atoms with E-state index < -0.39 is 6.09 Å². The maximum absolute atomic E-state index is 12.1. The van der Waals surface area contributed by atoms with Crippen molar-refractivity contribution in [2.24, 2.45) is 5.92 Å². The van der Waals surface area contributed by atoms with Crippen molar-refractivity contribution in [1.29, 1.82) is 0 Å². The van der Waals surface area contributed by atoms with Crippen molar-refractivity contribution in [2.75, 3.05) is 44.2 Å². The van der Waals surface area contributed by atoms with Crippen LogP contribution in [0, 0.1) is 5.92 Å². The van der Waals surface area contributed by atoms with Crippen LogP contribution in [0.25, 0.3) is 11.0 Å². The number of hydrogen-bond acceptors (Lipinski definition) is 6. The summed E-state index contributed by atoms with van der Waals surface area (Å²) in [5.74, 6) is 1.14. The fourth-order valence-electron chi connectivity index (χ4n) is 3.59. The number of nitrogens with one attached hydrogen (secondary N) is 2. The molecule has 0 aromatic carbocycles. The first kappa shape index (κ1) is 16.6. The van der Waals surface area contributed by atoms with E-state index in [4.69, 9.17) is 4.74 Å². The van der Waals surface area contributed by atoms with Gasteiger partial charge in [-0.3, -0.25) is 9.69 Å². The molecular weight excluding hydrogens is 336 g/mol. The van der Waals surface area contributed by atoms with Gasteiger partial charge in [0.15, 0.2) is 0 Å². The molecule has 9 nitrogen and oxygen atoms in total. The molecule has 138 valence electrons. The summed E-state index contributed by atoms with van der Waals surface area (Å²) in [6.07, 6.45) is 5.14. The Morgan fingerprint density at radius 2 is 2.31 bits per heavy atom. The summed E-state index contributed by atoms with van der Waals surface area (Å²) in [6, 6.07) is 1.99. The number of piperidine rings is 1. The van der Waals surface area contributed by atoms with Gasteiger partial charge in [0.25, 0.3) is 0 Å². The highest BCUT2D eigenvalue weighted by molar-refractivity contribution is 5.87. The number of aromatic nitrogens is 3. The quantitative estimate of drug-likeness (QED) is 0.817. The number of rotatable bonds is 5. The molecule has 2 aliphatic heterocycles. The van der Waals surface area contributed by atoms with Crippen molar-refractivity contribution in [3.05, 3.63) is 18.6 Å². The number of carbonyl (C=O) groups is 2. The smallest absolute Gasteiger partial charge is 0.410 e. The minimum absolute atomic E-state index is 0.0607. The van der Waals surface area contributed by atoms with Gasteiger partial charge >= 0.3 is 6.09 Å². The van der Waals surface area contributed by atoms with Gasteiger partial charge in [-0.05, 0) is 24.8 Å². The highest BCUT2D eigenvalue weighted by Crippen LogP contribution is 2.26. The van der Waals surface area contributed by atoms with E-state index in [0.29, 0.717) is 25.6 Å². The summed E-state index contributed by atoms with van der Waals surface area (Å²) in [7, 11) is 0. The summed E-state index contributed by atoms with van der Waals surface area (Å²) in [4.78, 5) is 39.0. The molecule has 26 heavy (non-hydrogen) atoms. The van der Waals surface area contributed by atoms with Gasteiger partial charge in [-0.25, -0.2) is 14.8 Å². The molecule has 2 N–H and O–H groups in total.